The van der Waals surface area contributed by atoms with Crippen molar-refractivity contribution < 1.29 is 14.6 Å². The summed E-state index contributed by atoms with van der Waals surface area (Å²) in [5.74, 6) is 0.202. The minimum Gasteiger partial charge on any atom is -0.506 e. The van der Waals surface area contributed by atoms with Crippen LogP contribution in [0.2, 0.25) is 0 Å². The number of hydrogen-bond donors (Lipinski definition) is 3. The molecule has 0 aliphatic heterocycles. The number of nitrogens with two attached hydrogens (primary N) is 1. The number of benzene rings is 2. The molecule has 0 aliphatic carbocycles. The Kier molecular flexibility index (Phi) is 3.56. The lowest BCUT2D eigenvalue weighted by atomic mass is 10.1. The van der Waals surface area contributed by atoms with Crippen molar-refractivity contribution in [3.8, 4) is 11.5 Å². The second kappa shape index (κ2) is 5.30. The highest BCUT2D eigenvalue weighted by Gasteiger charge is 2.10. The van der Waals surface area contributed by atoms with Gasteiger partial charge >= 0.3 is 0 Å². The van der Waals surface area contributed by atoms with Gasteiger partial charge in [-0.25, -0.2) is 0 Å². The average molecular weight is 258 g/mol. The molecule has 2 aromatic carbocycles. The predicted molar refractivity (Wildman–Crippen MR) is 73.5 cm³/mol. The Labute approximate surface area is 110 Å². The van der Waals surface area contributed by atoms with Gasteiger partial charge in [-0.2, -0.15) is 0 Å². The Bertz CT molecular complexity index is 611. The Hall–Kier alpha value is -2.69. The van der Waals surface area contributed by atoms with Crippen LogP contribution in [0.5, 0.6) is 11.5 Å². The van der Waals surface area contributed by atoms with Gasteiger partial charge in [0.15, 0.2) is 0 Å². The van der Waals surface area contributed by atoms with Gasteiger partial charge < -0.3 is 20.9 Å². The number of para-hydroxylation sites is 2. The van der Waals surface area contributed by atoms with Crippen molar-refractivity contribution in [2.45, 2.75) is 0 Å². The first-order valence-corrected chi connectivity index (χ1v) is 5.64. The molecule has 0 atom stereocenters. The highest BCUT2D eigenvalue weighted by molar-refractivity contribution is 6.05. The van der Waals surface area contributed by atoms with Gasteiger partial charge in [-0.15, -0.1) is 0 Å². The molecule has 4 N–H and O–H groups in total. The Morgan fingerprint density at radius 3 is 2.68 bits per heavy atom. The van der Waals surface area contributed by atoms with E-state index in [1.165, 1.54) is 25.3 Å². The molecule has 0 aromatic heterocycles. The zero-order valence-electron chi connectivity index (χ0n) is 10.4. The number of phenolic OH excluding ortho intramolecular Hbond substituents is 1. The van der Waals surface area contributed by atoms with Crippen molar-refractivity contribution >= 4 is 17.3 Å². The van der Waals surface area contributed by atoms with Gasteiger partial charge in [-0.3, -0.25) is 4.79 Å². The summed E-state index contributed by atoms with van der Waals surface area (Å²) in [7, 11) is 1.53. The van der Waals surface area contributed by atoms with E-state index < -0.39 is 0 Å². The zero-order valence-corrected chi connectivity index (χ0v) is 10.4. The van der Waals surface area contributed by atoms with Gasteiger partial charge in [-0.1, -0.05) is 12.1 Å². The molecule has 5 nitrogen and oxygen atoms in total. The number of hydrogen-bond acceptors (Lipinski definition) is 4. The van der Waals surface area contributed by atoms with E-state index in [9.17, 15) is 9.90 Å². The molecule has 0 spiro atoms. The number of nitrogen functional groups attached to an aromatic ring is 1. The summed E-state index contributed by atoms with van der Waals surface area (Å²) in [5, 5.41) is 12.0. The third-order valence-electron chi connectivity index (χ3n) is 2.64. The largest absolute Gasteiger partial charge is 0.506 e. The van der Waals surface area contributed by atoms with Gasteiger partial charge in [0, 0.05) is 5.56 Å². The van der Waals surface area contributed by atoms with Crippen molar-refractivity contribution in [2.24, 2.45) is 0 Å². The van der Waals surface area contributed by atoms with Crippen LogP contribution in [-0.4, -0.2) is 18.1 Å². The molecule has 2 aromatic rings. The maximum absolute atomic E-state index is 12.0. The van der Waals surface area contributed by atoms with E-state index in [2.05, 4.69) is 5.32 Å². The molecular weight excluding hydrogens is 244 g/mol. The monoisotopic (exact) mass is 258 g/mol. The molecule has 0 heterocycles. The first-order chi connectivity index (χ1) is 9.11. The second-order valence-corrected chi connectivity index (χ2v) is 3.93. The molecule has 0 unspecified atom stereocenters. The first-order valence-electron chi connectivity index (χ1n) is 5.64. The summed E-state index contributed by atoms with van der Waals surface area (Å²) in [6, 6.07) is 11.4. The van der Waals surface area contributed by atoms with Gasteiger partial charge in [0.05, 0.1) is 18.5 Å². The summed E-state index contributed by atoms with van der Waals surface area (Å²) in [6.45, 7) is 0. The van der Waals surface area contributed by atoms with Crippen molar-refractivity contribution in [1.29, 1.82) is 0 Å². The number of carbonyl (C=O) groups is 1. The number of amides is 1. The van der Waals surface area contributed by atoms with Crippen molar-refractivity contribution in [2.75, 3.05) is 18.2 Å². The van der Waals surface area contributed by atoms with Gasteiger partial charge in [0.25, 0.3) is 5.91 Å². The Morgan fingerprint density at radius 1 is 1.26 bits per heavy atom. The number of carbonyl (C=O) groups excluding carboxylic acids is 1. The van der Waals surface area contributed by atoms with E-state index in [1.54, 1.807) is 18.2 Å². The molecular formula is C14H14N2O3. The first kappa shape index (κ1) is 12.8. The van der Waals surface area contributed by atoms with Crippen LogP contribution in [-0.2, 0) is 0 Å². The number of anilines is 2. The molecule has 0 radical (unpaired) electrons. The van der Waals surface area contributed by atoms with Crippen LogP contribution < -0.4 is 15.8 Å². The molecule has 0 fully saturated rings. The molecule has 0 saturated heterocycles. The van der Waals surface area contributed by atoms with Crippen molar-refractivity contribution in [3.05, 3.63) is 48.0 Å². The van der Waals surface area contributed by atoms with Crippen LogP contribution >= 0.6 is 0 Å². The van der Waals surface area contributed by atoms with Gasteiger partial charge in [0.1, 0.15) is 11.5 Å². The minimum atomic E-state index is -0.323. The lowest BCUT2D eigenvalue weighted by molar-refractivity contribution is 0.102. The second-order valence-electron chi connectivity index (χ2n) is 3.93. The smallest absolute Gasteiger partial charge is 0.255 e. The predicted octanol–water partition coefficient (Wildman–Crippen LogP) is 2.24. The normalized spacial score (nSPS) is 9.95. The lowest BCUT2D eigenvalue weighted by Gasteiger charge is -2.10. The molecule has 2 rings (SSSR count). The van der Waals surface area contributed by atoms with E-state index >= 15 is 0 Å². The molecule has 19 heavy (non-hydrogen) atoms. The third kappa shape index (κ3) is 2.77. The highest BCUT2D eigenvalue weighted by atomic mass is 16.5. The van der Waals surface area contributed by atoms with Crippen LogP contribution in [0.4, 0.5) is 11.4 Å². The molecule has 0 bridgehead atoms. The Balaban J connectivity index is 2.23. The quantitative estimate of drug-likeness (QED) is 0.582. The van der Waals surface area contributed by atoms with Crippen LogP contribution in [0.3, 0.4) is 0 Å². The fourth-order valence-electron chi connectivity index (χ4n) is 1.64. The SMILES string of the molecule is COc1ccccc1NC(=O)c1ccc(O)c(N)c1. The molecule has 0 aliphatic rings. The highest BCUT2D eigenvalue weighted by Crippen LogP contribution is 2.25. The lowest BCUT2D eigenvalue weighted by Crippen LogP contribution is -2.12. The zero-order chi connectivity index (χ0) is 13.8. The van der Waals surface area contributed by atoms with Crippen molar-refractivity contribution in [1.82, 2.24) is 0 Å². The number of ether oxygens (including phenoxy) is 1. The standard InChI is InChI=1S/C14H14N2O3/c1-19-13-5-3-2-4-11(13)16-14(18)9-6-7-12(17)10(15)8-9/h2-8,17H,15H2,1H3,(H,16,18). The summed E-state index contributed by atoms with van der Waals surface area (Å²) in [6.07, 6.45) is 0. The molecule has 5 heteroatoms. The van der Waals surface area contributed by atoms with E-state index in [4.69, 9.17) is 10.5 Å². The molecule has 98 valence electrons. The maximum Gasteiger partial charge on any atom is 0.255 e. The average Bonchev–Trinajstić information content (AvgIpc) is 2.42. The van der Waals surface area contributed by atoms with E-state index in [0.29, 0.717) is 17.0 Å². The van der Waals surface area contributed by atoms with Crippen LogP contribution in [0.15, 0.2) is 42.5 Å². The summed E-state index contributed by atoms with van der Waals surface area (Å²) >= 11 is 0. The topological polar surface area (TPSA) is 84.6 Å². The maximum atomic E-state index is 12.0. The Morgan fingerprint density at radius 2 is 2.00 bits per heavy atom. The fraction of sp³-hybridized carbons (Fsp3) is 0.0714. The molecule has 1 amide bonds. The number of methoxy groups -OCH3 is 1. The summed E-state index contributed by atoms with van der Waals surface area (Å²) in [4.78, 5) is 12.0. The third-order valence-corrected chi connectivity index (χ3v) is 2.64. The van der Waals surface area contributed by atoms with Crippen molar-refractivity contribution in [3.63, 3.8) is 0 Å². The van der Waals surface area contributed by atoms with Crippen LogP contribution in [0.1, 0.15) is 10.4 Å². The number of rotatable bonds is 3. The summed E-state index contributed by atoms with van der Waals surface area (Å²) in [5.41, 5.74) is 6.65. The van der Waals surface area contributed by atoms with E-state index in [0.717, 1.165) is 0 Å². The minimum absolute atomic E-state index is 0.0474. The number of phenols is 1. The molecule has 0 saturated carbocycles. The number of nitrogens with one attached hydrogen (secondary N) is 1. The van der Waals surface area contributed by atoms with Crippen LogP contribution in [0.25, 0.3) is 0 Å². The number of aromatic hydroxyl groups is 1. The van der Waals surface area contributed by atoms with E-state index in [-0.39, 0.29) is 17.3 Å². The van der Waals surface area contributed by atoms with Gasteiger partial charge in [0.2, 0.25) is 0 Å². The summed E-state index contributed by atoms with van der Waals surface area (Å²) < 4.78 is 5.15. The van der Waals surface area contributed by atoms with E-state index in [1.807, 2.05) is 6.07 Å². The van der Waals surface area contributed by atoms with Crippen LogP contribution in [0, 0.1) is 0 Å². The van der Waals surface area contributed by atoms with Gasteiger partial charge in [-0.05, 0) is 30.3 Å². The fourth-order valence-corrected chi connectivity index (χ4v) is 1.64.